The minimum absolute atomic E-state index is 0.0334. The van der Waals surface area contributed by atoms with Gasteiger partial charge in [0.25, 0.3) is 7.82 Å². The van der Waals surface area contributed by atoms with Crippen molar-refractivity contribution in [3.05, 3.63) is 134 Å². The number of carbonyl (C=O) groups is 2. The maximum Gasteiger partial charge on any atom is 0.306 e. The molecule has 0 aliphatic heterocycles. The zero-order valence-electron chi connectivity index (χ0n) is 56.9. The van der Waals surface area contributed by atoms with Crippen LogP contribution < -0.4 is 10.2 Å². The van der Waals surface area contributed by atoms with Crippen molar-refractivity contribution < 1.29 is 37.3 Å². The van der Waals surface area contributed by atoms with Crippen LogP contribution in [-0.2, 0) is 27.9 Å². The summed E-state index contributed by atoms with van der Waals surface area (Å²) < 4.78 is 30.4. The van der Waals surface area contributed by atoms with E-state index in [2.05, 4.69) is 148 Å². The smallest absolute Gasteiger partial charge is 0.306 e. The lowest BCUT2D eigenvalue weighted by atomic mass is 10.0. The molecule has 0 aliphatic rings. The van der Waals surface area contributed by atoms with Gasteiger partial charge in [-0.25, -0.2) is 0 Å². The third-order valence-electron chi connectivity index (χ3n) is 15.1. The van der Waals surface area contributed by atoms with Gasteiger partial charge in [0, 0.05) is 12.8 Å². The average Bonchev–Trinajstić information content (AvgIpc) is 3.70. The van der Waals surface area contributed by atoms with Crippen molar-refractivity contribution in [2.75, 3.05) is 40.9 Å². The van der Waals surface area contributed by atoms with E-state index in [1.807, 2.05) is 33.3 Å². The zero-order chi connectivity index (χ0) is 63.5. The fraction of sp³-hybridized carbons (Fsp3) is 0.688. The number of hydrogen-bond donors (Lipinski definition) is 1. The van der Waals surface area contributed by atoms with Crippen LogP contribution in [0.5, 0.6) is 0 Å². The van der Waals surface area contributed by atoms with Gasteiger partial charge in [-0.2, -0.15) is 0 Å². The predicted octanol–water partition coefficient (Wildman–Crippen LogP) is 22.2. The van der Waals surface area contributed by atoms with Gasteiger partial charge in [0.2, 0.25) is 5.91 Å². The Morgan fingerprint density at radius 3 is 1.10 bits per heavy atom. The summed E-state index contributed by atoms with van der Waals surface area (Å²) in [6, 6.07) is -0.910. The van der Waals surface area contributed by atoms with E-state index < -0.39 is 26.6 Å². The van der Waals surface area contributed by atoms with Crippen molar-refractivity contribution in [1.82, 2.24) is 5.32 Å². The van der Waals surface area contributed by atoms with Crippen LogP contribution in [0.25, 0.3) is 0 Å². The Morgan fingerprint density at radius 1 is 0.414 bits per heavy atom. The van der Waals surface area contributed by atoms with E-state index >= 15 is 0 Å². The molecule has 3 atom stereocenters. The van der Waals surface area contributed by atoms with Crippen LogP contribution in [0.15, 0.2) is 134 Å². The Bertz CT molecular complexity index is 1950. The summed E-state index contributed by atoms with van der Waals surface area (Å²) in [5.74, 6) is -0.569. The molecular formula is C77H133N2O7P. The number of nitrogens with one attached hydrogen (secondary N) is 1. The molecule has 1 amide bonds. The highest BCUT2D eigenvalue weighted by Gasteiger charge is 2.27. The van der Waals surface area contributed by atoms with E-state index in [9.17, 15) is 19.0 Å². The summed E-state index contributed by atoms with van der Waals surface area (Å²) in [5, 5.41) is 3.03. The summed E-state index contributed by atoms with van der Waals surface area (Å²) in [7, 11) is 1.16. The lowest BCUT2D eigenvalue weighted by Crippen LogP contribution is -2.47. The largest absolute Gasteiger partial charge is 0.756 e. The molecule has 0 aromatic carbocycles. The lowest BCUT2D eigenvalue weighted by Gasteiger charge is -2.30. The number of quaternary nitrogens is 1. The Balaban J connectivity index is 5.15. The molecule has 0 fully saturated rings. The summed E-state index contributed by atoms with van der Waals surface area (Å²) in [5.41, 5.74) is 0. The van der Waals surface area contributed by atoms with E-state index in [0.717, 1.165) is 148 Å². The fourth-order valence-electron chi connectivity index (χ4n) is 9.69. The Labute approximate surface area is 536 Å². The molecule has 0 rings (SSSR count). The summed E-state index contributed by atoms with van der Waals surface area (Å²) in [6.45, 7) is 6.61. The Hall–Kier alpha value is -3.85. The number of carbonyl (C=O) groups excluding carboxylic acids is 2. The molecule has 0 saturated carbocycles. The van der Waals surface area contributed by atoms with Gasteiger partial charge in [0.15, 0.2) is 0 Å². The van der Waals surface area contributed by atoms with Crippen molar-refractivity contribution in [3.63, 3.8) is 0 Å². The molecule has 9 nitrogen and oxygen atoms in total. The van der Waals surface area contributed by atoms with Crippen LogP contribution in [0, 0.1) is 0 Å². The van der Waals surface area contributed by atoms with Crippen molar-refractivity contribution in [3.8, 4) is 0 Å². The number of rotatable bonds is 63. The zero-order valence-corrected chi connectivity index (χ0v) is 57.8. The van der Waals surface area contributed by atoms with Crippen molar-refractivity contribution in [1.29, 1.82) is 0 Å². The number of hydrogen-bond acceptors (Lipinski definition) is 7. The molecular weight excluding hydrogens is 1100 g/mol. The number of phosphoric acid groups is 1. The molecule has 0 bridgehead atoms. The maximum atomic E-state index is 13.6. The first-order valence-corrected chi connectivity index (χ1v) is 37.0. The number of amides is 1. The van der Waals surface area contributed by atoms with Crippen molar-refractivity contribution >= 4 is 19.7 Å². The van der Waals surface area contributed by atoms with Gasteiger partial charge < -0.3 is 28.5 Å². The highest BCUT2D eigenvalue weighted by atomic mass is 31.2. The highest BCUT2D eigenvalue weighted by Crippen LogP contribution is 2.38. The van der Waals surface area contributed by atoms with Crippen LogP contribution in [-0.4, -0.2) is 69.4 Å². The van der Waals surface area contributed by atoms with Crippen LogP contribution in [0.4, 0.5) is 0 Å². The number of nitrogens with zero attached hydrogens (tertiary/aromatic N) is 1. The van der Waals surface area contributed by atoms with Crippen molar-refractivity contribution in [2.24, 2.45) is 0 Å². The fourth-order valence-corrected chi connectivity index (χ4v) is 10.4. The topological polar surface area (TPSA) is 114 Å². The third kappa shape index (κ3) is 66.4. The number of phosphoric ester groups is 1. The second kappa shape index (κ2) is 65.1. The van der Waals surface area contributed by atoms with E-state index in [1.165, 1.54) is 103 Å². The lowest BCUT2D eigenvalue weighted by molar-refractivity contribution is -0.870. The molecule has 0 heterocycles. The second-order valence-corrected chi connectivity index (χ2v) is 26.0. The van der Waals surface area contributed by atoms with Crippen molar-refractivity contribution in [2.45, 2.75) is 303 Å². The Kier molecular flexibility index (Phi) is 62.2. The first-order valence-electron chi connectivity index (χ1n) is 35.5. The molecule has 0 aromatic heterocycles. The highest BCUT2D eigenvalue weighted by molar-refractivity contribution is 7.45. The Morgan fingerprint density at radius 2 is 0.736 bits per heavy atom. The van der Waals surface area contributed by atoms with Crippen LogP contribution in [0.2, 0.25) is 0 Å². The molecule has 498 valence electrons. The van der Waals surface area contributed by atoms with E-state index in [0.29, 0.717) is 17.4 Å². The van der Waals surface area contributed by atoms with E-state index in [-0.39, 0.29) is 31.3 Å². The summed E-state index contributed by atoms with van der Waals surface area (Å²) >= 11 is 0. The SMILES string of the molecule is CC/C=C\C/C=C\C/C=C\C/C=C\C/C=C\CCCCCCCCCCCCCC(=O)OC(/C=C\CCCCCCCCCCCCC)C(COP(=O)([O-])OCC[N+](C)(C)C)NC(=O)CCCCCCC/C=C\C/C=C\C/C=C\C/C=C\C/C=C\CC. The molecule has 0 aliphatic carbocycles. The van der Waals surface area contributed by atoms with Gasteiger partial charge >= 0.3 is 5.97 Å². The predicted molar refractivity (Wildman–Crippen MR) is 376 cm³/mol. The average molecular weight is 1230 g/mol. The molecule has 1 N–H and O–H groups in total. The van der Waals surface area contributed by atoms with Crippen LogP contribution in [0.1, 0.15) is 290 Å². The van der Waals surface area contributed by atoms with Gasteiger partial charge in [0.05, 0.1) is 33.8 Å². The van der Waals surface area contributed by atoms with Crippen LogP contribution >= 0.6 is 7.82 Å². The molecule has 87 heavy (non-hydrogen) atoms. The minimum atomic E-state index is -4.72. The molecule has 0 saturated heterocycles. The number of unbranched alkanes of at least 4 members (excludes halogenated alkanes) is 27. The number of likely N-dealkylation sites (N-methyl/N-ethyl adjacent to an activating group) is 1. The third-order valence-corrected chi connectivity index (χ3v) is 16.0. The van der Waals surface area contributed by atoms with Gasteiger partial charge in [-0.15, -0.1) is 0 Å². The van der Waals surface area contributed by atoms with E-state index in [4.69, 9.17) is 13.8 Å². The van der Waals surface area contributed by atoms with E-state index in [1.54, 1.807) is 0 Å². The number of ether oxygens (including phenoxy) is 1. The molecule has 0 spiro atoms. The monoisotopic (exact) mass is 1230 g/mol. The molecule has 10 heteroatoms. The summed E-state index contributed by atoms with van der Waals surface area (Å²) in [6.07, 6.45) is 92.8. The maximum absolute atomic E-state index is 13.6. The quantitative estimate of drug-likeness (QED) is 0.0212. The normalized spacial score (nSPS) is 14.3. The molecule has 0 radical (unpaired) electrons. The van der Waals surface area contributed by atoms with Gasteiger partial charge in [-0.3, -0.25) is 14.2 Å². The number of allylic oxidation sites excluding steroid dienone is 21. The standard InChI is InChI=1S/C77H133N2O7P/c1-7-10-13-16-19-22-25-28-30-32-34-36-37-38-39-40-41-43-45-47-49-52-55-58-61-64-67-70-77(81)86-75(68-65-62-59-56-53-50-27-24-21-18-15-12-9-3)74(73-85-87(82,83)84-72-71-79(4,5)6)78-76(80)69-66-63-60-57-54-51-48-46-44-42-35-33-31-29-26-23-20-17-14-11-8-2/h10-11,13-14,19-20,22-23,28-31,34-36,38-39,42,46,48,65,68,74-75H,7-9,12,15-18,21,24-27,32-33,37,40-41,43-45,47,49-64,66-67,69-73H2,1-6H3,(H-,78,80,82,83)/b13-10-,14-11-,22-19-,23-20-,30-28-,31-29-,36-34-,39-38-,42-35-,48-46-,68-65-. The summed E-state index contributed by atoms with van der Waals surface area (Å²) in [4.78, 5) is 40.2. The van der Waals surface area contributed by atoms with Crippen LogP contribution in [0.3, 0.4) is 0 Å². The van der Waals surface area contributed by atoms with Gasteiger partial charge in [-0.1, -0.05) is 290 Å². The second-order valence-electron chi connectivity index (χ2n) is 24.6. The first-order chi connectivity index (χ1) is 42.4. The minimum Gasteiger partial charge on any atom is -0.756 e. The van der Waals surface area contributed by atoms with Gasteiger partial charge in [-0.05, 0) is 122 Å². The first kappa shape index (κ1) is 83.2. The molecule has 0 aromatic rings. The van der Waals surface area contributed by atoms with Gasteiger partial charge in [0.1, 0.15) is 19.3 Å². The molecule has 3 unspecified atom stereocenters. The number of esters is 1.